The molecule has 100 valence electrons. The van der Waals surface area contributed by atoms with Crippen LogP contribution in [0.4, 0.5) is 11.4 Å². The highest BCUT2D eigenvalue weighted by atomic mass is 14.9. The van der Waals surface area contributed by atoms with E-state index in [-0.39, 0.29) is 0 Å². The fourth-order valence-corrected chi connectivity index (χ4v) is 2.05. The molecule has 0 aromatic heterocycles. The Hall–Kier alpha value is -1.96. The number of benzene rings is 2. The fourth-order valence-electron chi connectivity index (χ4n) is 2.05. The fraction of sp³-hybridized carbons (Fsp3) is 0.294. The predicted octanol–water partition coefficient (Wildman–Crippen LogP) is 3.95. The van der Waals surface area contributed by atoms with Crippen LogP contribution < -0.4 is 10.6 Å². The number of aryl methyl sites for hydroxylation is 1. The minimum absolute atomic E-state index is 0.963. The zero-order valence-corrected chi connectivity index (χ0v) is 11.7. The molecule has 2 heteroatoms. The van der Waals surface area contributed by atoms with Crippen molar-refractivity contribution in [1.82, 2.24) is 0 Å². The molecule has 2 nitrogen and oxygen atoms in total. The third-order valence-electron chi connectivity index (χ3n) is 3.35. The summed E-state index contributed by atoms with van der Waals surface area (Å²) in [6.07, 6.45) is 2.16. The Balaban J connectivity index is 1.81. The summed E-state index contributed by atoms with van der Waals surface area (Å²) in [6, 6.07) is 17.3. The monoisotopic (exact) mass is 254 g/mol. The van der Waals surface area contributed by atoms with Crippen molar-refractivity contribution in [3.63, 3.8) is 0 Å². The van der Waals surface area contributed by atoms with Crippen molar-refractivity contribution >= 4 is 11.4 Å². The molecule has 2 aromatic carbocycles. The van der Waals surface area contributed by atoms with Gasteiger partial charge in [0.1, 0.15) is 0 Å². The van der Waals surface area contributed by atoms with Gasteiger partial charge in [0.25, 0.3) is 0 Å². The van der Waals surface area contributed by atoms with Gasteiger partial charge in [-0.15, -0.1) is 0 Å². The van der Waals surface area contributed by atoms with Gasteiger partial charge in [-0.3, -0.25) is 0 Å². The van der Waals surface area contributed by atoms with Crippen LogP contribution in [0.15, 0.2) is 48.5 Å². The summed E-state index contributed by atoms with van der Waals surface area (Å²) in [7, 11) is 1.93. The maximum Gasteiger partial charge on any atom is 0.0341 e. The topological polar surface area (TPSA) is 24.1 Å². The summed E-state index contributed by atoms with van der Waals surface area (Å²) in [5.74, 6) is 0. The van der Waals surface area contributed by atoms with Crippen molar-refractivity contribution in [2.24, 2.45) is 0 Å². The molecular formula is C17H22N2. The first-order valence-corrected chi connectivity index (χ1v) is 6.91. The van der Waals surface area contributed by atoms with E-state index in [0.29, 0.717) is 0 Å². The van der Waals surface area contributed by atoms with E-state index < -0.39 is 0 Å². The van der Waals surface area contributed by atoms with Gasteiger partial charge < -0.3 is 10.6 Å². The van der Waals surface area contributed by atoms with E-state index in [4.69, 9.17) is 0 Å². The van der Waals surface area contributed by atoms with Crippen molar-refractivity contribution in [2.75, 3.05) is 24.2 Å². The quantitative estimate of drug-likeness (QED) is 0.815. The van der Waals surface area contributed by atoms with Gasteiger partial charge >= 0.3 is 0 Å². The Morgan fingerprint density at radius 3 is 1.95 bits per heavy atom. The van der Waals surface area contributed by atoms with Gasteiger partial charge in [-0.1, -0.05) is 31.2 Å². The van der Waals surface area contributed by atoms with E-state index in [1.54, 1.807) is 0 Å². The van der Waals surface area contributed by atoms with Crippen LogP contribution in [0.2, 0.25) is 0 Å². The van der Waals surface area contributed by atoms with Crippen LogP contribution in [-0.4, -0.2) is 13.6 Å². The molecule has 0 saturated carbocycles. The van der Waals surface area contributed by atoms with Crippen LogP contribution in [0.1, 0.15) is 18.1 Å². The molecule has 0 bridgehead atoms. The summed E-state index contributed by atoms with van der Waals surface area (Å²) in [6.45, 7) is 3.15. The summed E-state index contributed by atoms with van der Waals surface area (Å²) < 4.78 is 0. The standard InChI is InChI=1S/C17H22N2/c1-3-14-4-6-15(7-5-14)12-13-19-17-10-8-16(18-2)9-11-17/h4-11,18-19H,3,12-13H2,1-2H3. The number of rotatable bonds is 6. The molecular weight excluding hydrogens is 232 g/mol. The molecule has 2 aromatic rings. The van der Waals surface area contributed by atoms with Crippen molar-refractivity contribution in [1.29, 1.82) is 0 Å². The number of hydrogen-bond donors (Lipinski definition) is 2. The normalized spacial score (nSPS) is 10.2. The predicted molar refractivity (Wildman–Crippen MR) is 84.0 cm³/mol. The first-order valence-electron chi connectivity index (χ1n) is 6.91. The van der Waals surface area contributed by atoms with E-state index >= 15 is 0 Å². The van der Waals surface area contributed by atoms with Gasteiger partial charge in [-0.25, -0.2) is 0 Å². The Bertz CT molecular complexity index is 438. The van der Waals surface area contributed by atoms with E-state index in [1.165, 1.54) is 16.8 Å². The van der Waals surface area contributed by atoms with Crippen LogP contribution >= 0.6 is 0 Å². The smallest absolute Gasteiger partial charge is 0.0341 e. The summed E-state index contributed by atoms with van der Waals surface area (Å²) in [5.41, 5.74) is 5.10. The highest BCUT2D eigenvalue weighted by Crippen LogP contribution is 2.13. The van der Waals surface area contributed by atoms with Crippen molar-refractivity contribution in [3.8, 4) is 0 Å². The second-order valence-corrected chi connectivity index (χ2v) is 4.67. The van der Waals surface area contributed by atoms with Gasteiger partial charge in [-0.2, -0.15) is 0 Å². The molecule has 19 heavy (non-hydrogen) atoms. The molecule has 2 rings (SSSR count). The lowest BCUT2D eigenvalue weighted by Crippen LogP contribution is -2.04. The lowest BCUT2D eigenvalue weighted by atomic mass is 10.1. The minimum Gasteiger partial charge on any atom is -0.388 e. The SMILES string of the molecule is CCc1ccc(CCNc2ccc(NC)cc2)cc1. The molecule has 2 N–H and O–H groups in total. The van der Waals surface area contributed by atoms with Gasteiger partial charge in [0.05, 0.1) is 0 Å². The Morgan fingerprint density at radius 1 is 0.789 bits per heavy atom. The third kappa shape index (κ3) is 4.02. The van der Waals surface area contributed by atoms with E-state index in [1.807, 2.05) is 7.05 Å². The van der Waals surface area contributed by atoms with Gasteiger partial charge in [-0.05, 0) is 48.2 Å². The van der Waals surface area contributed by atoms with Crippen LogP contribution in [-0.2, 0) is 12.8 Å². The molecule has 0 aliphatic rings. The zero-order chi connectivity index (χ0) is 13.5. The lowest BCUT2D eigenvalue weighted by Gasteiger charge is -2.08. The minimum atomic E-state index is 0.963. The molecule has 0 heterocycles. The summed E-state index contributed by atoms with van der Waals surface area (Å²) in [4.78, 5) is 0. The molecule has 0 radical (unpaired) electrons. The van der Waals surface area contributed by atoms with Crippen molar-refractivity contribution in [2.45, 2.75) is 19.8 Å². The average Bonchev–Trinajstić information content (AvgIpc) is 2.49. The zero-order valence-electron chi connectivity index (χ0n) is 11.7. The summed E-state index contributed by atoms with van der Waals surface area (Å²) >= 11 is 0. The van der Waals surface area contributed by atoms with Crippen molar-refractivity contribution in [3.05, 3.63) is 59.7 Å². The number of hydrogen-bond acceptors (Lipinski definition) is 2. The highest BCUT2D eigenvalue weighted by molar-refractivity contribution is 5.53. The maximum absolute atomic E-state index is 3.45. The van der Waals surface area contributed by atoms with E-state index in [2.05, 4.69) is 66.1 Å². The largest absolute Gasteiger partial charge is 0.388 e. The third-order valence-corrected chi connectivity index (χ3v) is 3.35. The molecule has 0 aliphatic carbocycles. The number of nitrogens with one attached hydrogen (secondary N) is 2. The molecule has 0 aliphatic heterocycles. The van der Waals surface area contributed by atoms with Crippen LogP contribution in [0.25, 0.3) is 0 Å². The molecule has 0 fully saturated rings. The van der Waals surface area contributed by atoms with E-state index in [0.717, 1.165) is 25.1 Å². The Morgan fingerprint density at radius 2 is 1.37 bits per heavy atom. The average molecular weight is 254 g/mol. The van der Waals surface area contributed by atoms with Crippen molar-refractivity contribution < 1.29 is 0 Å². The molecule has 0 unspecified atom stereocenters. The van der Waals surface area contributed by atoms with Crippen LogP contribution in [0, 0.1) is 0 Å². The maximum atomic E-state index is 3.45. The van der Waals surface area contributed by atoms with Gasteiger partial charge in [0.15, 0.2) is 0 Å². The van der Waals surface area contributed by atoms with Crippen LogP contribution in [0.3, 0.4) is 0 Å². The Labute approximate surface area is 115 Å². The highest BCUT2D eigenvalue weighted by Gasteiger charge is 1.95. The summed E-state index contributed by atoms with van der Waals surface area (Å²) in [5, 5.41) is 6.56. The second-order valence-electron chi connectivity index (χ2n) is 4.67. The Kier molecular flexibility index (Phi) is 4.85. The molecule has 0 amide bonds. The lowest BCUT2D eigenvalue weighted by molar-refractivity contribution is 1.01. The first kappa shape index (κ1) is 13.5. The molecule has 0 saturated heterocycles. The first-order chi connectivity index (χ1) is 9.31. The second kappa shape index (κ2) is 6.83. The van der Waals surface area contributed by atoms with Gasteiger partial charge in [0, 0.05) is 25.0 Å². The van der Waals surface area contributed by atoms with Crippen LogP contribution in [0.5, 0.6) is 0 Å². The van der Waals surface area contributed by atoms with Gasteiger partial charge in [0.2, 0.25) is 0 Å². The van der Waals surface area contributed by atoms with E-state index in [9.17, 15) is 0 Å². The molecule has 0 spiro atoms. The molecule has 0 atom stereocenters. The number of anilines is 2.